The van der Waals surface area contributed by atoms with Gasteiger partial charge in [0.25, 0.3) is 5.91 Å². The Kier molecular flexibility index (Phi) is 3.03. The standard InChI is InChI=1S/C15H17NO4/c1-10-3-2-4-11-7-12(20-13(10)11)14(18)16-6-5-15(19,8-16)9-17/h2-4,7,17,19H,5-6,8-9H2,1H3/t15-/m1/s1. The van der Waals surface area contributed by atoms with Gasteiger partial charge in [-0.25, -0.2) is 0 Å². The predicted molar refractivity (Wildman–Crippen MR) is 73.5 cm³/mol. The molecule has 3 rings (SSSR count). The van der Waals surface area contributed by atoms with Crippen molar-refractivity contribution in [1.29, 1.82) is 0 Å². The summed E-state index contributed by atoms with van der Waals surface area (Å²) in [5, 5.41) is 20.0. The van der Waals surface area contributed by atoms with E-state index >= 15 is 0 Å². The Balaban J connectivity index is 1.88. The normalized spacial score (nSPS) is 22.6. The first kappa shape index (κ1) is 13.1. The van der Waals surface area contributed by atoms with Gasteiger partial charge in [-0.3, -0.25) is 4.79 Å². The minimum absolute atomic E-state index is 0.137. The molecule has 1 aromatic carbocycles. The number of benzene rings is 1. The minimum Gasteiger partial charge on any atom is -0.451 e. The van der Waals surface area contributed by atoms with E-state index in [0.717, 1.165) is 10.9 Å². The van der Waals surface area contributed by atoms with Crippen LogP contribution in [0.2, 0.25) is 0 Å². The topological polar surface area (TPSA) is 73.9 Å². The van der Waals surface area contributed by atoms with Crippen molar-refractivity contribution in [2.45, 2.75) is 18.9 Å². The summed E-state index contributed by atoms with van der Waals surface area (Å²) in [7, 11) is 0. The van der Waals surface area contributed by atoms with Gasteiger partial charge in [-0.2, -0.15) is 0 Å². The second-order valence-corrected chi connectivity index (χ2v) is 5.46. The van der Waals surface area contributed by atoms with Crippen LogP contribution in [0.5, 0.6) is 0 Å². The molecular weight excluding hydrogens is 258 g/mol. The maximum atomic E-state index is 12.4. The molecule has 106 valence electrons. The average molecular weight is 275 g/mol. The van der Waals surface area contributed by atoms with Gasteiger partial charge < -0.3 is 19.5 Å². The molecule has 1 aromatic heterocycles. The molecule has 0 spiro atoms. The maximum Gasteiger partial charge on any atom is 0.289 e. The third-order valence-electron chi connectivity index (χ3n) is 3.87. The molecule has 0 saturated carbocycles. The average Bonchev–Trinajstić information content (AvgIpc) is 3.03. The first-order valence-corrected chi connectivity index (χ1v) is 6.64. The van der Waals surface area contributed by atoms with Gasteiger partial charge in [-0.05, 0) is 25.0 Å². The number of likely N-dealkylation sites (tertiary alicyclic amines) is 1. The number of hydrogen-bond acceptors (Lipinski definition) is 4. The van der Waals surface area contributed by atoms with Crippen LogP contribution in [0.4, 0.5) is 0 Å². The smallest absolute Gasteiger partial charge is 0.289 e. The van der Waals surface area contributed by atoms with Crippen molar-refractivity contribution in [3.63, 3.8) is 0 Å². The molecule has 5 heteroatoms. The summed E-state index contributed by atoms with van der Waals surface area (Å²) in [6.07, 6.45) is 0.383. The third kappa shape index (κ3) is 2.09. The van der Waals surface area contributed by atoms with E-state index in [1.807, 2.05) is 25.1 Å². The molecule has 1 amide bonds. The van der Waals surface area contributed by atoms with Crippen molar-refractivity contribution in [1.82, 2.24) is 4.90 Å². The Morgan fingerprint density at radius 2 is 2.30 bits per heavy atom. The molecule has 20 heavy (non-hydrogen) atoms. The quantitative estimate of drug-likeness (QED) is 0.866. The Morgan fingerprint density at radius 3 is 2.95 bits per heavy atom. The van der Waals surface area contributed by atoms with Gasteiger partial charge in [-0.15, -0.1) is 0 Å². The third-order valence-corrected chi connectivity index (χ3v) is 3.87. The molecule has 2 N–H and O–H groups in total. The number of β-amino-alcohol motifs (C(OH)–C–C–N with tert-alkyl or cyclic N) is 1. The number of rotatable bonds is 2. The van der Waals surface area contributed by atoms with Crippen molar-refractivity contribution in [3.8, 4) is 0 Å². The molecule has 1 aliphatic rings. The van der Waals surface area contributed by atoms with E-state index in [0.29, 0.717) is 18.5 Å². The Bertz CT molecular complexity index is 663. The fourth-order valence-electron chi connectivity index (χ4n) is 2.63. The molecule has 2 heterocycles. The zero-order valence-electron chi connectivity index (χ0n) is 11.3. The van der Waals surface area contributed by atoms with Crippen LogP contribution in [-0.4, -0.2) is 46.3 Å². The summed E-state index contributed by atoms with van der Waals surface area (Å²) in [5.74, 6) is 0.0291. The van der Waals surface area contributed by atoms with Crippen LogP contribution in [-0.2, 0) is 0 Å². The van der Waals surface area contributed by atoms with Gasteiger partial charge in [0.2, 0.25) is 0 Å². The molecule has 0 bridgehead atoms. The molecule has 0 unspecified atom stereocenters. The first-order valence-electron chi connectivity index (χ1n) is 6.64. The molecule has 5 nitrogen and oxygen atoms in total. The number of para-hydroxylation sites is 1. The van der Waals surface area contributed by atoms with Crippen LogP contribution in [0.25, 0.3) is 11.0 Å². The first-order chi connectivity index (χ1) is 9.52. The zero-order valence-corrected chi connectivity index (χ0v) is 11.3. The van der Waals surface area contributed by atoms with Gasteiger partial charge in [0.05, 0.1) is 13.2 Å². The number of nitrogens with zero attached hydrogens (tertiary/aromatic N) is 1. The van der Waals surface area contributed by atoms with E-state index in [4.69, 9.17) is 9.52 Å². The Morgan fingerprint density at radius 1 is 1.50 bits per heavy atom. The van der Waals surface area contributed by atoms with Crippen LogP contribution >= 0.6 is 0 Å². The molecule has 1 aliphatic heterocycles. The van der Waals surface area contributed by atoms with Gasteiger partial charge in [0, 0.05) is 11.9 Å². The van der Waals surface area contributed by atoms with E-state index in [-0.39, 0.29) is 24.8 Å². The van der Waals surface area contributed by atoms with Crippen molar-refractivity contribution in [2.75, 3.05) is 19.7 Å². The highest BCUT2D eigenvalue weighted by Crippen LogP contribution is 2.26. The maximum absolute atomic E-state index is 12.4. The summed E-state index contributed by atoms with van der Waals surface area (Å²) in [6.45, 7) is 2.15. The van der Waals surface area contributed by atoms with E-state index in [2.05, 4.69) is 0 Å². The summed E-state index contributed by atoms with van der Waals surface area (Å²) in [6, 6.07) is 7.47. The summed E-state index contributed by atoms with van der Waals surface area (Å²) in [4.78, 5) is 13.9. The second kappa shape index (κ2) is 4.61. The fraction of sp³-hybridized carbons (Fsp3) is 0.400. The molecule has 1 fully saturated rings. The van der Waals surface area contributed by atoms with Crippen LogP contribution in [0.15, 0.2) is 28.7 Å². The summed E-state index contributed by atoms with van der Waals surface area (Å²) in [5.41, 5.74) is 0.514. The molecule has 1 atom stereocenters. The number of aliphatic hydroxyl groups excluding tert-OH is 1. The molecule has 0 radical (unpaired) electrons. The number of fused-ring (bicyclic) bond motifs is 1. The van der Waals surface area contributed by atoms with E-state index in [1.54, 1.807) is 6.07 Å². The van der Waals surface area contributed by atoms with Crippen molar-refractivity contribution in [2.24, 2.45) is 0 Å². The van der Waals surface area contributed by atoms with Crippen LogP contribution < -0.4 is 0 Å². The van der Waals surface area contributed by atoms with Crippen molar-refractivity contribution in [3.05, 3.63) is 35.6 Å². The number of aliphatic hydroxyl groups is 2. The number of carbonyl (C=O) groups excluding carboxylic acids is 1. The van der Waals surface area contributed by atoms with Crippen LogP contribution in [0, 0.1) is 6.92 Å². The van der Waals surface area contributed by atoms with Gasteiger partial charge >= 0.3 is 0 Å². The van der Waals surface area contributed by atoms with Crippen molar-refractivity contribution >= 4 is 16.9 Å². The van der Waals surface area contributed by atoms with Gasteiger partial charge in [0.15, 0.2) is 5.76 Å². The SMILES string of the molecule is Cc1cccc2cc(C(=O)N3CC[C@](O)(CO)C3)oc12. The lowest BCUT2D eigenvalue weighted by atomic mass is 10.1. The number of furan rings is 1. The van der Waals surface area contributed by atoms with E-state index < -0.39 is 5.60 Å². The highest BCUT2D eigenvalue weighted by atomic mass is 16.4. The number of amides is 1. The number of carbonyl (C=O) groups is 1. The molecule has 0 aliphatic carbocycles. The van der Waals surface area contributed by atoms with Gasteiger partial charge in [-0.1, -0.05) is 18.2 Å². The monoisotopic (exact) mass is 275 g/mol. The minimum atomic E-state index is -1.18. The van der Waals surface area contributed by atoms with Crippen LogP contribution in [0.3, 0.4) is 0 Å². The highest BCUT2D eigenvalue weighted by molar-refractivity contribution is 5.96. The number of aryl methyl sites for hydroxylation is 1. The molecule has 1 saturated heterocycles. The zero-order chi connectivity index (χ0) is 14.3. The van der Waals surface area contributed by atoms with E-state index in [9.17, 15) is 9.90 Å². The van der Waals surface area contributed by atoms with Crippen molar-refractivity contribution < 1.29 is 19.4 Å². The molecular formula is C15H17NO4. The predicted octanol–water partition coefficient (Wildman–Crippen LogP) is 1.31. The Hall–Kier alpha value is -1.85. The highest BCUT2D eigenvalue weighted by Gasteiger charge is 2.38. The summed E-state index contributed by atoms with van der Waals surface area (Å²) < 4.78 is 5.64. The van der Waals surface area contributed by atoms with Crippen LogP contribution in [0.1, 0.15) is 22.5 Å². The Labute approximate surface area is 116 Å². The molecule has 2 aromatic rings. The second-order valence-electron chi connectivity index (χ2n) is 5.46. The van der Waals surface area contributed by atoms with Gasteiger partial charge in [0.1, 0.15) is 11.2 Å². The van der Waals surface area contributed by atoms with E-state index in [1.165, 1.54) is 4.90 Å². The lowest BCUT2D eigenvalue weighted by Gasteiger charge is -2.20. The lowest BCUT2D eigenvalue weighted by Crippen LogP contribution is -2.38. The summed E-state index contributed by atoms with van der Waals surface area (Å²) >= 11 is 0. The largest absolute Gasteiger partial charge is 0.451 e. The lowest BCUT2D eigenvalue weighted by molar-refractivity contribution is -0.00477. The number of hydrogen-bond donors (Lipinski definition) is 2. The fourth-order valence-corrected chi connectivity index (χ4v) is 2.63.